The van der Waals surface area contributed by atoms with Crippen molar-refractivity contribution in [2.45, 2.75) is 122 Å². The summed E-state index contributed by atoms with van der Waals surface area (Å²) in [5, 5.41) is 0. The Morgan fingerprint density at radius 3 is 1.40 bits per heavy atom. The summed E-state index contributed by atoms with van der Waals surface area (Å²) in [4.78, 5) is 1.71. The summed E-state index contributed by atoms with van der Waals surface area (Å²) in [6.07, 6.45) is 25.9. The molecule has 1 nitrogen and oxygen atoms in total. The molecule has 0 saturated heterocycles. The van der Waals surface area contributed by atoms with E-state index < -0.39 is 0 Å². The standard InChI is InChI=1S/C28H51N.ClH/c1-3-4-5-6-7-8-9-10-11-12-13-14-15-16-17-21-26-29(2)27-22-25-28-23-19-18-20-24-28;/h18-20,23-24H,3-17,21-22,25-27H2,1-2H3;1H. The molecule has 2 heteroatoms. The van der Waals surface area contributed by atoms with Crippen LogP contribution >= 0.6 is 0 Å². The molecule has 30 heavy (non-hydrogen) atoms. The Hall–Kier alpha value is -0.530. The van der Waals surface area contributed by atoms with Crippen LogP contribution in [0, 0.1) is 0 Å². The van der Waals surface area contributed by atoms with Gasteiger partial charge in [-0.15, -0.1) is 0 Å². The highest BCUT2D eigenvalue weighted by molar-refractivity contribution is 5.14. The van der Waals surface area contributed by atoms with E-state index in [9.17, 15) is 0 Å². The highest BCUT2D eigenvalue weighted by Gasteiger charge is 2.02. The maximum atomic E-state index is 2.37. The number of benzene rings is 1. The van der Waals surface area contributed by atoms with E-state index in [1.54, 1.807) is 4.90 Å². The van der Waals surface area contributed by atoms with E-state index in [0.717, 1.165) is 0 Å². The van der Waals surface area contributed by atoms with Gasteiger partial charge in [0.05, 0.1) is 20.1 Å². The van der Waals surface area contributed by atoms with Gasteiger partial charge in [-0.2, -0.15) is 0 Å². The zero-order valence-corrected chi connectivity index (χ0v) is 21.2. The van der Waals surface area contributed by atoms with Crippen molar-refractivity contribution in [2.75, 3.05) is 20.1 Å². The Labute approximate surface area is 195 Å². The zero-order chi connectivity index (χ0) is 20.8. The first-order valence-electron chi connectivity index (χ1n) is 13.2. The first kappa shape index (κ1) is 29.5. The van der Waals surface area contributed by atoms with Gasteiger partial charge in [0.25, 0.3) is 0 Å². The fourth-order valence-electron chi connectivity index (χ4n) is 4.34. The molecule has 1 aromatic rings. The number of unbranched alkanes of at least 4 members (excludes halogenated alkanes) is 15. The fraction of sp³-hybridized carbons (Fsp3) is 0.786. The number of rotatable bonds is 21. The number of quaternary nitrogens is 1. The second-order valence-corrected chi connectivity index (χ2v) is 9.35. The van der Waals surface area contributed by atoms with Crippen LogP contribution in [0.3, 0.4) is 0 Å². The second-order valence-electron chi connectivity index (χ2n) is 9.35. The summed E-state index contributed by atoms with van der Waals surface area (Å²) >= 11 is 0. The number of hydrogen-bond donors (Lipinski definition) is 1. The molecule has 0 spiro atoms. The average Bonchev–Trinajstić information content (AvgIpc) is 2.74. The summed E-state index contributed by atoms with van der Waals surface area (Å²) in [5.74, 6) is 0. The highest BCUT2D eigenvalue weighted by Crippen LogP contribution is 2.13. The molecule has 0 heterocycles. The molecule has 1 N–H and O–H groups in total. The van der Waals surface area contributed by atoms with E-state index in [-0.39, 0.29) is 12.4 Å². The minimum absolute atomic E-state index is 0. The Morgan fingerprint density at radius 1 is 0.533 bits per heavy atom. The summed E-state index contributed by atoms with van der Waals surface area (Å²) < 4.78 is 0. The van der Waals surface area contributed by atoms with Crippen LogP contribution in [-0.2, 0) is 6.42 Å². The summed E-state index contributed by atoms with van der Waals surface area (Å²) in [7, 11) is 2.37. The predicted molar refractivity (Wildman–Crippen MR) is 131 cm³/mol. The minimum atomic E-state index is 0. The van der Waals surface area contributed by atoms with E-state index in [2.05, 4.69) is 44.3 Å². The quantitative estimate of drug-likeness (QED) is 0.272. The van der Waals surface area contributed by atoms with Gasteiger partial charge in [-0.25, -0.2) is 0 Å². The van der Waals surface area contributed by atoms with Crippen LogP contribution < -0.4 is 17.3 Å². The molecule has 0 aliphatic carbocycles. The van der Waals surface area contributed by atoms with Crippen molar-refractivity contribution in [1.29, 1.82) is 0 Å². The van der Waals surface area contributed by atoms with Gasteiger partial charge in [-0.3, -0.25) is 0 Å². The Morgan fingerprint density at radius 2 is 0.933 bits per heavy atom. The molecule has 0 aromatic heterocycles. The zero-order valence-electron chi connectivity index (χ0n) is 20.4. The Kier molecular flexibility index (Phi) is 22.7. The van der Waals surface area contributed by atoms with E-state index in [1.807, 2.05) is 0 Å². The van der Waals surface area contributed by atoms with Crippen LogP contribution in [0.5, 0.6) is 0 Å². The van der Waals surface area contributed by atoms with Crippen LogP contribution in [0.4, 0.5) is 0 Å². The maximum absolute atomic E-state index is 2.37. The van der Waals surface area contributed by atoms with Crippen molar-refractivity contribution >= 4 is 0 Å². The lowest BCUT2D eigenvalue weighted by Crippen LogP contribution is -3.09. The molecule has 0 bridgehead atoms. The van der Waals surface area contributed by atoms with Gasteiger partial charge in [0.15, 0.2) is 0 Å². The molecule has 0 amide bonds. The van der Waals surface area contributed by atoms with Crippen molar-refractivity contribution in [2.24, 2.45) is 0 Å². The summed E-state index contributed by atoms with van der Waals surface area (Å²) in [6, 6.07) is 10.9. The minimum Gasteiger partial charge on any atom is -1.00 e. The number of hydrogen-bond acceptors (Lipinski definition) is 0. The lowest BCUT2D eigenvalue weighted by Gasteiger charge is -2.13. The van der Waals surface area contributed by atoms with Crippen LogP contribution in [-0.4, -0.2) is 20.1 Å². The van der Waals surface area contributed by atoms with Gasteiger partial charge < -0.3 is 17.3 Å². The maximum Gasteiger partial charge on any atom is 0.0772 e. The third-order valence-electron chi connectivity index (χ3n) is 6.37. The Balaban J connectivity index is 0.00000841. The molecular weight excluding hydrogens is 386 g/mol. The molecule has 1 aromatic carbocycles. The monoisotopic (exact) mass is 437 g/mol. The first-order chi connectivity index (χ1) is 14.3. The van der Waals surface area contributed by atoms with E-state index in [0.29, 0.717) is 0 Å². The Bertz CT molecular complexity index is 434. The van der Waals surface area contributed by atoms with Crippen molar-refractivity contribution in [3.63, 3.8) is 0 Å². The number of halogens is 1. The molecule has 1 unspecified atom stereocenters. The number of nitrogens with one attached hydrogen (secondary N) is 1. The number of aryl methyl sites for hydroxylation is 1. The van der Waals surface area contributed by atoms with Gasteiger partial charge in [-0.1, -0.05) is 127 Å². The SMILES string of the molecule is CCCCCCCCCCCCCCCCCC[NH+](C)CCCc1ccccc1.[Cl-]. The van der Waals surface area contributed by atoms with Crippen molar-refractivity contribution in [1.82, 2.24) is 0 Å². The topological polar surface area (TPSA) is 4.44 Å². The van der Waals surface area contributed by atoms with E-state index >= 15 is 0 Å². The van der Waals surface area contributed by atoms with Gasteiger partial charge in [0.2, 0.25) is 0 Å². The third kappa shape index (κ3) is 19.4. The molecule has 0 fully saturated rings. The van der Waals surface area contributed by atoms with Crippen molar-refractivity contribution < 1.29 is 17.3 Å². The van der Waals surface area contributed by atoms with Gasteiger partial charge in [0, 0.05) is 6.42 Å². The normalized spacial score (nSPS) is 11.9. The van der Waals surface area contributed by atoms with E-state index in [4.69, 9.17) is 0 Å². The first-order valence-corrected chi connectivity index (χ1v) is 13.2. The van der Waals surface area contributed by atoms with Gasteiger partial charge >= 0.3 is 0 Å². The molecule has 0 radical (unpaired) electrons. The van der Waals surface area contributed by atoms with Crippen LogP contribution in [0.2, 0.25) is 0 Å². The fourth-order valence-corrected chi connectivity index (χ4v) is 4.34. The predicted octanol–water partition coefficient (Wildman–Crippen LogP) is 4.40. The van der Waals surface area contributed by atoms with Crippen LogP contribution in [0.1, 0.15) is 122 Å². The second kappa shape index (κ2) is 23.1. The van der Waals surface area contributed by atoms with Crippen molar-refractivity contribution in [3.8, 4) is 0 Å². The lowest BCUT2D eigenvalue weighted by atomic mass is 10.0. The largest absolute Gasteiger partial charge is 1.00 e. The molecule has 0 aliphatic heterocycles. The summed E-state index contributed by atoms with van der Waals surface area (Å²) in [5.41, 5.74) is 1.49. The smallest absolute Gasteiger partial charge is 0.0772 e. The van der Waals surface area contributed by atoms with E-state index in [1.165, 1.54) is 134 Å². The van der Waals surface area contributed by atoms with Gasteiger partial charge in [0.1, 0.15) is 0 Å². The lowest BCUT2D eigenvalue weighted by molar-refractivity contribution is -0.880. The molecule has 0 saturated carbocycles. The molecule has 176 valence electrons. The molecule has 1 rings (SSSR count). The highest BCUT2D eigenvalue weighted by atomic mass is 35.5. The van der Waals surface area contributed by atoms with Gasteiger partial charge in [-0.05, 0) is 24.8 Å². The van der Waals surface area contributed by atoms with Crippen LogP contribution in [0.25, 0.3) is 0 Å². The molecule has 0 aliphatic rings. The molecular formula is C28H52ClN. The van der Waals surface area contributed by atoms with Crippen molar-refractivity contribution in [3.05, 3.63) is 35.9 Å². The third-order valence-corrected chi connectivity index (χ3v) is 6.37. The average molecular weight is 438 g/mol. The van der Waals surface area contributed by atoms with Crippen LogP contribution in [0.15, 0.2) is 30.3 Å². The summed E-state index contributed by atoms with van der Waals surface area (Å²) in [6.45, 7) is 4.97. The molecule has 1 atom stereocenters.